The zero-order valence-corrected chi connectivity index (χ0v) is 17.8. The van der Waals surface area contributed by atoms with Gasteiger partial charge in [-0.2, -0.15) is 0 Å². The van der Waals surface area contributed by atoms with Crippen LogP contribution in [0.5, 0.6) is 0 Å². The van der Waals surface area contributed by atoms with Crippen LogP contribution in [-0.2, 0) is 4.79 Å². The minimum atomic E-state index is -0.0780. The Morgan fingerprint density at radius 2 is 2.07 bits per heavy atom. The number of amides is 1. The lowest BCUT2D eigenvalue weighted by Gasteiger charge is -2.37. The second-order valence-electron chi connectivity index (χ2n) is 9.03. The molecule has 1 saturated heterocycles. The smallest absolute Gasteiger partial charge is 0.225 e. The van der Waals surface area contributed by atoms with Crippen molar-refractivity contribution in [2.75, 3.05) is 25.5 Å². The van der Waals surface area contributed by atoms with Crippen molar-refractivity contribution >= 4 is 11.9 Å². The molecule has 0 saturated carbocycles. The quantitative estimate of drug-likeness (QED) is 0.792. The first kappa shape index (κ1) is 20.3. The van der Waals surface area contributed by atoms with E-state index >= 15 is 0 Å². The van der Waals surface area contributed by atoms with E-state index in [1.807, 2.05) is 36.9 Å². The first-order valence-corrected chi connectivity index (χ1v) is 9.93. The van der Waals surface area contributed by atoms with E-state index in [-0.39, 0.29) is 17.4 Å². The number of aromatic nitrogens is 3. The van der Waals surface area contributed by atoms with Gasteiger partial charge >= 0.3 is 0 Å². The fourth-order valence-electron chi connectivity index (χ4n) is 3.60. The number of hydrogen-bond donors (Lipinski definition) is 0. The standard InChI is InChI=1S/C21H31N5O2/c1-14-11-17(28-24-14)15-13-22-20(25(5)6)23-19(15)16-9-7-8-10-26(16)18(27)12-21(2,3)4/h11,13,16H,7-10,12H2,1-6H3/t16-/m0/s1. The van der Waals surface area contributed by atoms with Gasteiger partial charge in [0.15, 0.2) is 5.76 Å². The van der Waals surface area contributed by atoms with Crippen molar-refractivity contribution in [3.8, 4) is 11.3 Å². The highest BCUT2D eigenvalue weighted by atomic mass is 16.5. The van der Waals surface area contributed by atoms with Crippen molar-refractivity contribution in [1.29, 1.82) is 0 Å². The average Bonchev–Trinajstić information content (AvgIpc) is 3.06. The van der Waals surface area contributed by atoms with Crippen LogP contribution in [0, 0.1) is 12.3 Å². The van der Waals surface area contributed by atoms with Crippen LogP contribution >= 0.6 is 0 Å². The zero-order chi connectivity index (χ0) is 20.5. The Kier molecular flexibility index (Phi) is 5.72. The fourth-order valence-corrected chi connectivity index (χ4v) is 3.60. The lowest BCUT2D eigenvalue weighted by atomic mass is 9.89. The fraction of sp³-hybridized carbons (Fsp3) is 0.619. The molecule has 2 aromatic heterocycles. The Hall–Kier alpha value is -2.44. The van der Waals surface area contributed by atoms with E-state index < -0.39 is 0 Å². The van der Waals surface area contributed by atoms with Gasteiger partial charge in [-0.05, 0) is 31.6 Å². The first-order chi connectivity index (χ1) is 13.2. The summed E-state index contributed by atoms with van der Waals surface area (Å²) < 4.78 is 5.51. The first-order valence-electron chi connectivity index (χ1n) is 9.93. The van der Waals surface area contributed by atoms with Crippen LogP contribution in [0.25, 0.3) is 11.3 Å². The van der Waals surface area contributed by atoms with Gasteiger partial charge in [0.25, 0.3) is 0 Å². The Morgan fingerprint density at radius 1 is 1.32 bits per heavy atom. The molecule has 1 atom stereocenters. The summed E-state index contributed by atoms with van der Waals surface area (Å²) in [6, 6.07) is 1.81. The van der Waals surface area contributed by atoms with E-state index in [9.17, 15) is 4.79 Å². The molecule has 1 amide bonds. The van der Waals surface area contributed by atoms with Gasteiger partial charge in [-0.25, -0.2) is 9.97 Å². The molecule has 0 N–H and O–H groups in total. The summed E-state index contributed by atoms with van der Waals surface area (Å²) >= 11 is 0. The monoisotopic (exact) mass is 385 g/mol. The number of carbonyl (C=O) groups excluding carboxylic acids is 1. The molecule has 0 radical (unpaired) electrons. The molecule has 0 aliphatic carbocycles. The number of aryl methyl sites for hydroxylation is 1. The molecule has 0 unspecified atom stereocenters. The highest BCUT2D eigenvalue weighted by Gasteiger charge is 2.33. The van der Waals surface area contributed by atoms with Gasteiger partial charge < -0.3 is 14.3 Å². The minimum absolute atomic E-state index is 0.0512. The Bertz CT molecular complexity index is 838. The zero-order valence-electron chi connectivity index (χ0n) is 17.8. The molecule has 0 spiro atoms. The minimum Gasteiger partial charge on any atom is -0.356 e. The van der Waals surface area contributed by atoms with Crippen LogP contribution in [-0.4, -0.2) is 46.6 Å². The summed E-state index contributed by atoms with van der Waals surface area (Å²) in [5.74, 6) is 1.46. The summed E-state index contributed by atoms with van der Waals surface area (Å²) in [7, 11) is 3.83. The third-order valence-electron chi connectivity index (χ3n) is 4.92. The van der Waals surface area contributed by atoms with Crippen LogP contribution in [0.1, 0.15) is 63.9 Å². The van der Waals surface area contributed by atoms with Crippen LogP contribution in [0.3, 0.4) is 0 Å². The van der Waals surface area contributed by atoms with E-state index in [0.29, 0.717) is 18.1 Å². The molecule has 1 aliphatic rings. The largest absolute Gasteiger partial charge is 0.356 e. The molecule has 1 aliphatic heterocycles. The van der Waals surface area contributed by atoms with Crippen molar-refractivity contribution in [1.82, 2.24) is 20.0 Å². The molecule has 3 heterocycles. The van der Waals surface area contributed by atoms with Crippen molar-refractivity contribution in [3.63, 3.8) is 0 Å². The lowest BCUT2D eigenvalue weighted by Crippen LogP contribution is -2.40. The maximum atomic E-state index is 13.1. The number of hydrogen-bond acceptors (Lipinski definition) is 6. The van der Waals surface area contributed by atoms with Gasteiger partial charge in [-0.3, -0.25) is 4.79 Å². The van der Waals surface area contributed by atoms with E-state index in [2.05, 4.69) is 30.9 Å². The van der Waals surface area contributed by atoms with Gasteiger partial charge in [0, 0.05) is 39.3 Å². The number of carbonyl (C=O) groups is 1. The molecule has 7 heteroatoms. The van der Waals surface area contributed by atoms with Gasteiger partial charge in [-0.15, -0.1) is 0 Å². The van der Waals surface area contributed by atoms with Crippen LogP contribution in [0.2, 0.25) is 0 Å². The molecule has 3 rings (SSSR count). The third-order valence-corrected chi connectivity index (χ3v) is 4.92. The summed E-state index contributed by atoms with van der Waals surface area (Å²) in [4.78, 5) is 26.3. The summed E-state index contributed by atoms with van der Waals surface area (Å²) in [5.41, 5.74) is 2.41. The predicted molar refractivity (Wildman–Crippen MR) is 109 cm³/mol. The molecule has 1 fully saturated rings. The van der Waals surface area contributed by atoms with Crippen molar-refractivity contribution in [2.45, 2.75) is 59.4 Å². The van der Waals surface area contributed by atoms with Crippen LogP contribution in [0.4, 0.5) is 5.95 Å². The van der Waals surface area contributed by atoms with E-state index in [4.69, 9.17) is 9.51 Å². The number of anilines is 1. The van der Waals surface area contributed by atoms with E-state index in [0.717, 1.165) is 42.8 Å². The Morgan fingerprint density at radius 3 is 2.68 bits per heavy atom. The topological polar surface area (TPSA) is 75.4 Å². The van der Waals surface area contributed by atoms with E-state index in [1.165, 1.54) is 0 Å². The SMILES string of the molecule is Cc1cc(-c2cnc(N(C)C)nc2[C@@H]2CCCCN2C(=O)CC(C)(C)C)on1. The average molecular weight is 386 g/mol. The number of likely N-dealkylation sites (tertiary alicyclic amines) is 1. The van der Waals surface area contributed by atoms with Crippen molar-refractivity contribution in [3.05, 3.63) is 23.7 Å². The predicted octanol–water partition coefficient (Wildman–Crippen LogP) is 4.00. The number of nitrogens with zero attached hydrogens (tertiary/aromatic N) is 5. The molecular weight excluding hydrogens is 354 g/mol. The van der Waals surface area contributed by atoms with E-state index in [1.54, 1.807) is 6.20 Å². The maximum Gasteiger partial charge on any atom is 0.225 e. The number of rotatable bonds is 4. The molecule has 152 valence electrons. The highest BCUT2D eigenvalue weighted by molar-refractivity contribution is 5.78. The molecule has 0 bridgehead atoms. The van der Waals surface area contributed by atoms with Crippen molar-refractivity contribution in [2.24, 2.45) is 5.41 Å². The van der Waals surface area contributed by atoms with Gasteiger partial charge in [0.2, 0.25) is 11.9 Å². The third kappa shape index (κ3) is 4.51. The van der Waals surface area contributed by atoms with Crippen LogP contribution in [0.15, 0.2) is 16.8 Å². The van der Waals surface area contributed by atoms with Crippen LogP contribution < -0.4 is 4.90 Å². The molecule has 28 heavy (non-hydrogen) atoms. The summed E-state index contributed by atoms with van der Waals surface area (Å²) in [6.07, 6.45) is 5.29. The molecule has 2 aromatic rings. The highest BCUT2D eigenvalue weighted by Crippen LogP contribution is 2.37. The Balaban J connectivity index is 2.05. The summed E-state index contributed by atoms with van der Waals surface area (Å²) in [6.45, 7) is 8.95. The number of piperidine rings is 1. The van der Waals surface area contributed by atoms with Gasteiger partial charge in [0.05, 0.1) is 23.0 Å². The Labute approximate surface area is 167 Å². The second kappa shape index (κ2) is 7.89. The molecular formula is C21H31N5O2. The summed E-state index contributed by atoms with van der Waals surface area (Å²) in [5, 5.41) is 4.02. The van der Waals surface area contributed by atoms with Gasteiger partial charge in [0.1, 0.15) is 0 Å². The normalized spacial score (nSPS) is 17.6. The van der Waals surface area contributed by atoms with Crippen molar-refractivity contribution < 1.29 is 9.32 Å². The second-order valence-corrected chi connectivity index (χ2v) is 9.03. The molecule has 0 aromatic carbocycles. The maximum absolute atomic E-state index is 13.1. The molecule has 7 nitrogen and oxygen atoms in total. The lowest BCUT2D eigenvalue weighted by molar-refractivity contribution is -0.137. The van der Waals surface area contributed by atoms with Gasteiger partial charge in [-0.1, -0.05) is 25.9 Å².